The maximum absolute atomic E-state index is 12.7. The molecule has 2 rings (SSSR count). The molecule has 2 unspecified atom stereocenters. The normalized spacial score (nSPS) is 25.0. The van der Waals surface area contributed by atoms with E-state index in [2.05, 4.69) is 27.9 Å². The summed E-state index contributed by atoms with van der Waals surface area (Å²) in [6.07, 6.45) is -1.47. The minimum Gasteiger partial charge on any atom is -0.459 e. The van der Waals surface area contributed by atoms with Gasteiger partial charge in [-0.25, -0.2) is 0 Å². The minimum absolute atomic E-state index is 0.0167. The summed E-state index contributed by atoms with van der Waals surface area (Å²) < 4.78 is 42.9. The molecule has 3 N–H and O–H groups in total. The van der Waals surface area contributed by atoms with E-state index >= 15 is 0 Å². The number of esters is 1. The van der Waals surface area contributed by atoms with E-state index in [0.29, 0.717) is 12.1 Å². The van der Waals surface area contributed by atoms with E-state index in [4.69, 9.17) is 10.5 Å². The van der Waals surface area contributed by atoms with Crippen molar-refractivity contribution in [2.45, 2.75) is 48.4 Å². The lowest BCUT2D eigenvalue weighted by molar-refractivity contribution is -0.148. The number of hydrogen-bond acceptors (Lipinski definition) is 4. The Morgan fingerprint density at radius 1 is 1.43 bits per heavy atom. The SMILES string of the molecule is CC(=O)OC1CCCCC1(I)Nc1ccc(C(F)(F)F)cc1N. The summed E-state index contributed by atoms with van der Waals surface area (Å²) in [5.41, 5.74) is 5.40. The van der Waals surface area contributed by atoms with E-state index in [0.717, 1.165) is 31.4 Å². The Morgan fingerprint density at radius 3 is 2.70 bits per heavy atom. The van der Waals surface area contributed by atoms with Crippen molar-refractivity contribution in [2.75, 3.05) is 11.1 Å². The number of carbonyl (C=O) groups excluding carboxylic acids is 1. The van der Waals surface area contributed by atoms with Crippen molar-refractivity contribution >= 4 is 39.9 Å². The maximum atomic E-state index is 12.7. The quantitative estimate of drug-likeness (QED) is 0.241. The van der Waals surface area contributed by atoms with Crippen LogP contribution >= 0.6 is 22.6 Å². The van der Waals surface area contributed by atoms with Crippen LogP contribution in [0.4, 0.5) is 24.5 Å². The summed E-state index contributed by atoms with van der Waals surface area (Å²) in [5.74, 6) is -0.375. The third-order valence-electron chi connectivity index (χ3n) is 3.80. The van der Waals surface area contributed by atoms with Crippen LogP contribution in [0.5, 0.6) is 0 Å². The van der Waals surface area contributed by atoms with Gasteiger partial charge in [-0.1, -0.05) is 29.0 Å². The molecule has 0 saturated heterocycles. The first kappa shape index (κ1) is 18.2. The molecule has 0 heterocycles. The van der Waals surface area contributed by atoms with E-state index in [1.54, 1.807) is 0 Å². The summed E-state index contributed by atoms with van der Waals surface area (Å²) in [7, 11) is 0. The van der Waals surface area contributed by atoms with E-state index < -0.39 is 15.3 Å². The van der Waals surface area contributed by atoms with Crippen LogP contribution in [-0.2, 0) is 15.7 Å². The van der Waals surface area contributed by atoms with Gasteiger partial charge in [0.25, 0.3) is 0 Å². The molecule has 1 fully saturated rings. The Kier molecular flexibility index (Phi) is 5.32. The van der Waals surface area contributed by atoms with Gasteiger partial charge >= 0.3 is 12.1 Å². The molecule has 1 aromatic rings. The molecule has 128 valence electrons. The van der Waals surface area contributed by atoms with Crippen LogP contribution in [0, 0.1) is 0 Å². The van der Waals surface area contributed by atoms with Gasteiger partial charge in [0.1, 0.15) is 9.65 Å². The summed E-state index contributed by atoms with van der Waals surface area (Å²) in [6.45, 7) is 1.35. The Morgan fingerprint density at radius 2 is 2.13 bits per heavy atom. The molecule has 0 amide bonds. The second-order valence-corrected chi connectivity index (χ2v) is 7.56. The van der Waals surface area contributed by atoms with Crippen LogP contribution in [-0.4, -0.2) is 15.6 Å². The van der Waals surface area contributed by atoms with E-state index in [1.807, 2.05) is 0 Å². The van der Waals surface area contributed by atoms with Crippen LogP contribution in [0.25, 0.3) is 0 Å². The number of nitrogens with one attached hydrogen (secondary N) is 1. The molecular weight excluding hydrogens is 424 g/mol. The molecule has 23 heavy (non-hydrogen) atoms. The van der Waals surface area contributed by atoms with Crippen molar-refractivity contribution in [1.29, 1.82) is 0 Å². The van der Waals surface area contributed by atoms with Gasteiger partial charge in [0.05, 0.1) is 16.9 Å². The topological polar surface area (TPSA) is 64.3 Å². The highest BCUT2D eigenvalue weighted by atomic mass is 127. The Labute approximate surface area is 146 Å². The Bertz CT molecular complexity index is 595. The molecule has 0 radical (unpaired) electrons. The monoisotopic (exact) mass is 442 g/mol. The predicted octanol–water partition coefficient (Wildman–Crippen LogP) is 4.34. The number of hydrogen-bond donors (Lipinski definition) is 2. The first-order chi connectivity index (χ1) is 10.6. The molecular formula is C15H18F3IN2O2. The highest BCUT2D eigenvalue weighted by Crippen LogP contribution is 2.41. The summed E-state index contributed by atoms with van der Waals surface area (Å²) in [6, 6.07) is 3.21. The molecule has 1 saturated carbocycles. The minimum atomic E-state index is -4.43. The van der Waals surface area contributed by atoms with Crippen molar-refractivity contribution < 1.29 is 22.7 Å². The standard InChI is InChI=1S/C15H18F3IN2O2/c1-9(22)23-13-4-2-3-7-14(13,19)21-12-6-5-10(8-11(12)20)15(16,17)18/h5-6,8,13,21H,2-4,7,20H2,1H3. The van der Waals surface area contributed by atoms with Gasteiger partial charge in [-0.05, 0) is 37.5 Å². The molecule has 4 nitrogen and oxygen atoms in total. The first-order valence-corrected chi connectivity index (χ1v) is 8.31. The van der Waals surface area contributed by atoms with Gasteiger partial charge in [-0.3, -0.25) is 4.79 Å². The molecule has 0 spiro atoms. The third-order valence-corrected chi connectivity index (χ3v) is 5.30. The number of nitrogens with two attached hydrogens (primary N) is 1. The largest absolute Gasteiger partial charge is 0.459 e. The lowest BCUT2D eigenvalue weighted by Crippen LogP contribution is -2.48. The maximum Gasteiger partial charge on any atom is 0.416 e. The van der Waals surface area contributed by atoms with Crippen molar-refractivity contribution in [3.8, 4) is 0 Å². The summed E-state index contributed by atoms with van der Waals surface area (Å²) in [4.78, 5) is 11.3. The van der Waals surface area contributed by atoms with E-state index in [-0.39, 0.29) is 17.8 Å². The zero-order valence-corrected chi connectivity index (χ0v) is 14.7. The smallest absolute Gasteiger partial charge is 0.416 e. The molecule has 0 aliphatic heterocycles. The number of benzene rings is 1. The summed E-state index contributed by atoms with van der Waals surface area (Å²) >= 11 is 2.16. The van der Waals surface area contributed by atoms with Gasteiger partial charge < -0.3 is 15.8 Å². The third kappa shape index (κ3) is 4.42. The molecule has 8 heteroatoms. The molecule has 1 aliphatic rings. The van der Waals surface area contributed by atoms with Crippen LogP contribution in [0.15, 0.2) is 18.2 Å². The second kappa shape index (κ2) is 6.74. The molecule has 0 bridgehead atoms. The predicted molar refractivity (Wildman–Crippen MR) is 90.3 cm³/mol. The zero-order chi connectivity index (χ0) is 17.3. The van der Waals surface area contributed by atoms with Crippen LogP contribution in [0.3, 0.4) is 0 Å². The zero-order valence-electron chi connectivity index (χ0n) is 12.5. The van der Waals surface area contributed by atoms with Gasteiger partial charge in [-0.2, -0.15) is 13.2 Å². The second-order valence-electron chi connectivity index (χ2n) is 5.63. The molecule has 1 aliphatic carbocycles. The average Bonchev–Trinajstić information content (AvgIpc) is 2.42. The van der Waals surface area contributed by atoms with Gasteiger partial charge in [-0.15, -0.1) is 0 Å². The van der Waals surface area contributed by atoms with Crippen LogP contribution in [0.1, 0.15) is 38.2 Å². The number of ether oxygens (including phenoxy) is 1. The number of nitrogen functional groups attached to an aromatic ring is 1. The van der Waals surface area contributed by atoms with Gasteiger partial charge in [0.2, 0.25) is 0 Å². The van der Waals surface area contributed by atoms with E-state index in [9.17, 15) is 18.0 Å². The van der Waals surface area contributed by atoms with E-state index in [1.165, 1.54) is 13.0 Å². The molecule has 0 aromatic heterocycles. The van der Waals surface area contributed by atoms with Crippen LogP contribution in [0.2, 0.25) is 0 Å². The van der Waals surface area contributed by atoms with Crippen molar-refractivity contribution in [3.63, 3.8) is 0 Å². The Hall–Kier alpha value is -1.19. The number of rotatable bonds is 3. The molecule has 2 atom stereocenters. The Balaban J connectivity index is 2.23. The highest BCUT2D eigenvalue weighted by Gasteiger charge is 2.41. The number of halogens is 4. The van der Waals surface area contributed by atoms with Gasteiger partial charge in [0, 0.05) is 6.92 Å². The lowest BCUT2D eigenvalue weighted by Gasteiger charge is -2.40. The molecule has 1 aromatic carbocycles. The number of anilines is 2. The van der Waals surface area contributed by atoms with Crippen molar-refractivity contribution in [3.05, 3.63) is 23.8 Å². The van der Waals surface area contributed by atoms with Crippen molar-refractivity contribution in [2.24, 2.45) is 0 Å². The van der Waals surface area contributed by atoms with Crippen LogP contribution < -0.4 is 11.1 Å². The lowest BCUT2D eigenvalue weighted by atomic mass is 9.92. The van der Waals surface area contributed by atoms with Gasteiger partial charge in [0.15, 0.2) is 0 Å². The first-order valence-electron chi connectivity index (χ1n) is 7.23. The van der Waals surface area contributed by atoms with Crippen molar-refractivity contribution in [1.82, 2.24) is 0 Å². The summed E-state index contributed by atoms with van der Waals surface area (Å²) in [5, 5.41) is 3.18. The average molecular weight is 442 g/mol. The fraction of sp³-hybridized carbons (Fsp3) is 0.533. The highest BCUT2D eigenvalue weighted by molar-refractivity contribution is 14.1. The number of alkyl halides is 4. The fourth-order valence-electron chi connectivity index (χ4n) is 2.67. The fourth-order valence-corrected chi connectivity index (χ4v) is 3.78. The number of carbonyl (C=O) groups is 1.